The summed E-state index contributed by atoms with van der Waals surface area (Å²) in [6.45, 7) is 0.439. The second-order valence-electron chi connectivity index (χ2n) is 5.72. The Hall–Kier alpha value is -3.55. The SMILES string of the molecule is CNC(=O)c1ccc(CN(C)C([O-])=c2ccc(=C3N=NN=N3)cc2)cc1. The first kappa shape index (κ1) is 17.3. The summed E-state index contributed by atoms with van der Waals surface area (Å²) < 4.78 is 0. The van der Waals surface area contributed by atoms with Gasteiger partial charge in [-0.2, -0.15) is 0 Å². The van der Waals surface area contributed by atoms with E-state index in [9.17, 15) is 9.90 Å². The van der Waals surface area contributed by atoms with Gasteiger partial charge in [-0.05, 0) is 39.2 Å². The molecule has 8 nitrogen and oxygen atoms in total. The molecule has 0 aromatic heterocycles. The monoisotopic (exact) mass is 349 g/mol. The molecule has 0 saturated carbocycles. The van der Waals surface area contributed by atoms with Crippen LogP contribution in [0.3, 0.4) is 0 Å². The van der Waals surface area contributed by atoms with Gasteiger partial charge in [0.2, 0.25) is 5.82 Å². The molecular weight excluding hydrogens is 332 g/mol. The van der Waals surface area contributed by atoms with Gasteiger partial charge in [-0.3, -0.25) is 4.79 Å². The lowest BCUT2D eigenvalue weighted by Gasteiger charge is -2.27. The van der Waals surface area contributed by atoms with Crippen LogP contribution in [0.1, 0.15) is 15.9 Å². The van der Waals surface area contributed by atoms with Crippen molar-refractivity contribution in [1.29, 1.82) is 0 Å². The van der Waals surface area contributed by atoms with Crippen molar-refractivity contribution in [3.8, 4) is 0 Å². The molecule has 8 heteroatoms. The van der Waals surface area contributed by atoms with E-state index in [4.69, 9.17) is 0 Å². The molecule has 0 radical (unpaired) electrons. The van der Waals surface area contributed by atoms with E-state index in [0.717, 1.165) is 10.8 Å². The van der Waals surface area contributed by atoms with Crippen LogP contribution in [-0.4, -0.2) is 24.9 Å². The predicted octanol–water partition coefficient (Wildman–Crippen LogP) is 0.503. The first-order chi connectivity index (χ1) is 12.6. The molecule has 1 aliphatic rings. The van der Waals surface area contributed by atoms with Gasteiger partial charge in [-0.15, -0.1) is 10.2 Å². The minimum absolute atomic E-state index is 0.105. The van der Waals surface area contributed by atoms with Crippen LogP contribution in [-0.2, 0) is 6.54 Å². The number of carbonyl (C=O) groups is 1. The number of rotatable bonds is 4. The van der Waals surface area contributed by atoms with Crippen molar-refractivity contribution in [3.63, 3.8) is 0 Å². The molecule has 132 valence electrons. The molecule has 3 rings (SSSR count). The molecular formula is C18H17N6O2-. The second-order valence-corrected chi connectivity index (χ2v) is 5.72. The molecule has 0 bridgehead atoms. The van der Waals surface area contributed by atoms with E-state index in [2.05, 4.69) is 26.0 Å². The Kier molecular flexibility index (Phi) is 5.02. The highest BCUT2D eigenvalue weighted by Gasteiger charge is 2.04. The van der Waals surface area contributed by atoms with E-state index in [1.54, 1.807) is 55.4 Å². The summed E-state index contributed by atoms with van der Waals surface area (Å²) >= 11 is 0. The third-order valence-electron chi connectivity index (χ3n) is 3.92. The van der Waals surface area contributed by atoms with Gasteiger partial charge in [0.1, 0.15) is 0 Å². The van der Waals surface area contributed by atoms with Crippen LogP contribution in [0.15, 0.2) is 69.2 Å². The minimum Gasteiger partial charge on any atom is -0.860 e. The lowest BCUT2D eigenvalue weighted by Crippen LogP contribution is -2.31. The Balaban J connectivity index is 1.78. The fraction of sp³-hybridized carbons (Fsp3) is 0.167. The van der Waals surface area contributed by atoms with Crippen molar-refractivity contribution in [2.75, 3.05) is 14.1 Å². The van der Waals surface area contributed by atoms with E-state index in [-0.39, 0.29) is 11.8 Å². The van der Waals surface area contributed by atoms with E-state index in [1.165, 1.54) is 0 Å². The van der Waals surface area contributed by atoms with Crippen LogP contribution in [0.4, 0.5) is 0 Å². The Morgan fingerprint density at radius 2 is 1.65 bits per heavy atom. The molecule has 2 aromatic carbocycles. The maximum Gasteiger partial charge on any atom is 0.251 e. The predicted molar refractivity (Wildman–Crippen MR) is 93.5 cm³/mol. The van der Waals surface area contributed by atoms with Crippen molar-refractivity contribution >= 4 is 17.6 Å². The Morgan fingerprint density at radius 1 is 1.04 bits per heavy atom. The number of benzene rings is 2. The van der Waals surface area contributed by atoms with Gasteiger partial charge in [-0.1, -0.05) is 36.4 Å². The summed E-state index contributed by atoms with van der Waals surface area (Å²) in [6, 6.07) is 14.1. The van der Waals surface area contributed by atoms with Crippen molar-refractivity contribution in [2.24, 2.45) is 20.7 Å². The van der Waals surface area contributed by atoms with Crippen LogP contribution in [0.5, 0.6) is 0 Å². The summed E-state index contributed by atoms with van der Waals surface area (Å²) in [6.07, 6.45) is 0. The van der Waals surface area contributed by atoms with Gasteiger partial charge in [0.25, 0.3) is 5.91 Å². The van der Waals surface area contributed by atoms with Gasteiger partial charge >= 0.3 is 0 Å². The smallest absolute Gasteiger partial charge is 0.251 e. The second kappa shape index (κ2) is 7.56. The maximum atomic E-state index is 12.6. The average Bonchev–Trinajstić information content (AvgIpc) is 3.22. The molecule has 0 aliphatic carbocycles. The molecule has 0 saturated heterocycles. The fourth-order valence-electron chi connectivity index (χ4n) is 2.49. The van der Waals surface area contributed by atoms with Crippen LogP contribution in [0, 0.1) is 0 Å². The summed E-state index contributed by atoms with van der Waals surface area (Å²) in [7, 11) is 3.32. The molecule has 26 heavy (non-hydrogen) atoms. The van der Waals surface area contributed by atoms with E-state index in [1.807, 2.05) is 12.1 Å². The topological polar surface area (TPSA) is 105 Å². The highest BCUT2D eigenvalue weighted by atomic mass is 16.3. The molecule has 1 amide bonds. The lowest BCUT2D eigenvalue weighted by molar-refractivity contribution is -0.271. The quantitative estimate of drug-likeness (QED) is 0.869. The van der Waals surface area contributed by atoms with E-state index in [0.29, 0.717) is 23.1 Å². The molecule has 0 spiro atoms. The van der Waals surface area contributed by atoms with Gasteiger partial charge in [-0.25, -0.2) is 0 Å². The number of hydrogen-bond donors (Lipinski definition) is 1. The Bertz CT molecular complexity index is 958. The van der Waals surface area contributed by atoms with Crippen molar-refractivity contribution in [3.05, 3.63) is 70.1 Å². The van der Waals surface area contributed by atoms with Crippen LogP contribution >= 0.6 is 0 Å². The number of carbonyl (C=O) groups excluding carboxylic acids is 1. The summed E-state index contributed by atoms with van der Waals surface area (Å²) in [5.41, 5.74) is 1.52. The summed E-state index contributed by atoms with van der Waals surface area (Å²) in [5.74, 6) is 0.181. The molecule has 0 unspecified atom stereocenters. The maximum absolute atomic E-state index is 12.6. The third-order valence-corrected chi connectivity index (χ3v) is 3.92. The number of nitrogens with one attached hydrogen (secondary N) is 1. The van der Waals surface area contributed by atoms with E-state index < -0.39 is 0 Å². The third kappa shape index (κ3) is 3.75. The zero-order chi connectivity index (χ0) is 18.5. The summed E-state index contributed by atoms with van der Waals surface area (Å²) in [4.78, 5) is 13.2. The fourth-order valence-corrected chi connectivity index (χ4v) is 2.49. The Labute approximate surface area is 149 Å². The number of amides is 1. The highest BCUT2D eigenvalue weighted by molar-refractivity contribution is 5.93. The van der Waals surface area contributed by atoms with Crippen LogP contribution < -0.4 is 20.9 Å². The molecule has 0 atom stereocenters. The first-order valence-corrected chi connectivity index (χ1v) is 7.94. The van der Waals surface area contributed by atoms with Crippen LogP contribution in [0.2, 0.25) is 0 Å². The highest BCUT2D eigenvalue weighted by Crippen LogP contribution is 2.09. The average molecular weight is 349 g/mol. The largest absolute Gasteiger partial charge is 0.860 e. The lowest BCUT2D eigenvalue weighted by atomic mass is 10.1. The van der Waals surface area contributed by atoms with Gasteiger partial charge in [0.05, 0.1) is 0 Å². The van der Waals surface area contributed by atoms with Crippen molar-refractivity contribution in [2.45, 2.75) is 6.54 Å². The number of hydrogen-bond acceptors (Lipinski definition) is 7. The van der Waals surface area contributed by atoms with E-state index >= 15 is 0 Å². The van der Waals surface area contributed by atoms with Gasteiger partial charge in [0.15, 0.2) is 0 Å². The molecule has 1 aliphatic heterocycles. The minimum atomic E-state index is -0.139. The standard InChI is InChI=1S/C18H18N6O2/c1-19-17(25)14-5-3-12(4-6-14)11-24(2)18(26)15-9-7-13(8-10-15)16-20-22-23-21-16/h3-10,26H,11H2,1-2H3,(H,19,25)/p-1. The first-order valence-electron chi connectivity index (χ1n) is 7.94. The van der Waals surface area contributed by atoms with Crippen LogP contribution in [0.25, 0.3) is 11.7 Å². The molecule has 1 N–H and O–H groups in total. The van der Waals surface area contributed by atoms with Crippen molar-refractivity contribution < 1.29 is 9.90 Å². The van der Waals surface area contributed by atoms with Crippen molar-refractivity contribution in [1.82, 2.24) is 10.2 Å². The molecule has 0 fully saturated rings. The summed E-state index contributed by atoms with van der Waals surface area (Å²) in [5, 5.41) is 30.9. The number of nitrogens with zero attached hydrogens (tertiary/aromatic N) is 5. The zero-order valence-electron chi connectivity index (χ0n) is 14.4. The van der Waals surface area contributed by atoms with Gasteiger partial charge < -0.3 is 15.3 Å². The molecule has 1 heterocycles. The normalized spacial score (nSPS) is 12.3. The zero-order valence-corrected chi connectivity index (χ0v) is 14.4. The molecule has 2 aromatic rings. The van der Waals surface area contributed by atoms with Gasteiger partial charge in [0, 0.05) is 31.4 Å². The Morgan fingerprint density at radius 3 is 2.23 bits per heavy atom.